The van der Waals surface area contributed by atoms with Crippen LogP contribution in [0.2, 0.25) is 5.02 Å². The van der Waals surface area contributed by atoms with Gasteiger partial charge in [-0.3, -0.25) is 4.79 Å². The van der Waals surface area contributed by atoms with E-state index in [1.165, 1.54) is 4.68 Å². The smallest absolute Gasteiger partial charge is 0.282 e. The van der Waals surface area contributed by atoms with E-state index in [4.69, 9.17) is 25.7 Å². The normalized spacial score (nSPS) is 11.5. The SMILES string of the molecule is O=c1c2ccccc2nc(-c2cc3ccccc3o2)n1N=Cc1ccccc1OCc1ccccc1Cl. The molecule has 0 aliphatic carbocycles. The minimum atomic E-state index is -0.299. The summed E-state index contributed by atoms with van der Waals surface area (Å²) < 4.78 is 13.4. The number of halogens is 1. The van der Waals surface area contributed by atoms with Crippen molar-refractivity contribution in [1.29, 1.82) is 0 Å². The molecular formula is C30H20ClN3O3. The summed E-state index contributed by atoms with van der Waals surface area (Å²) in [5.41, 5.74) is 2.54. The molecule has 0 atom stereocenters. The highest BCUT2D eigenvalue weighted by molar-refractivity contribution is 6.31. The molecular weight excluding hydrogens is 486 g/mol. The lowest BCUT2D eigenvalue weighted by Gasteiger charge is -2.11. The largest absolute Gasteiger partial charge is 0.488 e. The van der Waals surface area contributed by atoms with Crippen LogP contribution in [0.5, 0.6) is 5.75 Å². The van der Waals surface area contributed by atoms with Crippen LogP contribution < -0.4 is 10.3 Å². The molecule has 0 fully saturated rings. The molecule has 6 rings (SSSR count). The number of aromatic nitrogens is 2. The topological polar surface area (TPSA) is 69.6 Å². The highest BCUT2D eigenvalue weighted by Gasteiger charge is 2.16. The van der Waals surface area contributed by atoms with Crippen LogP contribution in [0.4, 0.5) is 0 Å². The Hall–Kier alpha value is -4.68. The van der Waals surface area contributed by atoms with Crippen molar-refractivity contribution in [3.63, 3.8) is 0 Å². The lowest BCUT2D eigenvalue weighted by atomic mass is 10.2. The third-order valence-electron chi connectivity index (χ3n) is 5.97. The highest BCUT2D eigenvalue weighted by Crippen LogP contribution is 2.27. The number of rotatable bonds is 6. The fraction of sp³-hybridized carbons (Fsp3) is 0.0333. The van der Waals surface area contributed by atoms with Gasteiger partial charge in [-0.15, -0.1) is 0 Å². The predicted octanol–water partition coefficient (Wildman–Crippen LogP) is 6.92. The van der Waals surface area contributed by atoms with Crippen molar-refractivity contribution < 1.29 is 9.15 Å². The zero-order valence-electron chi connectivity index (χ0n) is 19.5. The molecule has 0 unspecified atom stereocenters. The Labute approximate surface area is 217 Å². The first-order chi connectivity index (χ1) is 18.2. The van der Waals surface area contributed by atoms with Gasteiger partial charge in [-0.2, -0.15) is 9.78 Å². The number of benzene rings is 4. The average Bonchev–Trinajstić information content (AvgIpc) is 3.37. The van der Waals surface area contributed by atoms with Gasteiger partial charge >= 0.3 is 0 Å². The van der Waals surface area contributed by atoms with Gasteiger partial charge < -0.3 is 9.15 Å². The van der Waals surface area contributed by atoms with Crippen LogP contribution in [0.3, 0.4) is 0 Å². The van der Waals surface area contributed by atoms with E-state index in [-0.39, 0.29) is 5.56 Å². The van der Waals surface area contributed by atoms with E-state index in [1.807, 2.05) is 84.9 Å². The molecule has 37 heavy (non-hydrogen) atoms. The van der Waals surface area contributed by atoms with Gasteiger partial charge in [0.25, 0.3) is 5.56 Å². The van der Waals surface area contributed by atoms with E-state index in [0.717, 1.165) is 10.9 Å². The van der Waals surface area contributed by atoms with Gasteiger partial charge in [0.15, 0.2) is 5.76 Å². The molecule has 6 aromatic rings. The number of furan rings is 1. The van der Waals surface area contributed by atoms with E-state index >= 15 is 0 Å². The second-order valence-corrected chi connectivity index (χ2v) is 8.79. The molecule has 180 valence electrons. The van der Waals surface area contributed by atoms with E-state index in [0.29, 0.717) is 51.0 Å². The Balaban J connectivity index is 1.42. The van der Waals surface area contributed by atoms with Crippen LogP contribution in [0.25, 0.3) is 33.5 Å². The first-order valence-electron chi connectivity index (χ1n) is 11.7. The van der Waals surface area contributed by atoms with Crippen LogP contribution in [0.15, 0.2) is 117 Å². The summed E-state index contributed by atoms with van der Waals surface area (Å²) in [6, 6.07) is 31.7. The number of ether oxygens (including phenoxy) is 1. The Kier molecular flexibility index (Phi) is 6.00. The van der Waals surface area contributed by atoms with Crippen molar-refractivity contribution in [2.24, 2.45) is 5.10 Å². The van der Waals surface area contributed by atoms with E-state index in [2.05, 4.69) is 5.10 Å². The molecule has 0 spiro atoms. The molecule has 4 aromatic carbocycles. The van der Waals surface area contributed by atoms with Crippen molar-refractivity contribution in [3.05, 3.63) is 130 Å². The predicted molar refractivity (Wildman–Crippen MR) is 146 cm³/mol. The molecule has 2 aromatic heterocycles. The summed E-state index contributed by atoms with van der Waals surface area (Å²) in [5.74, 6) is 1.37. The number of hydrogen-bond acceptors (Lipinski definition) is 5. The summed E-state index contributed by atoms with van der Waals surface area (Å²) in [6.07, 6.45) is 1.59. The van der Waals surface area contributed by atoms with Crippen LogP contribution in [0.1, 0.15) is 11.1 Å². The first kappa shape index (κ1) is 22.8. The molecule has 0 aliphatic rings. The Morgan fingerprint density at radius 3 is 2.57 bits per heavy atom. The van der Waals surface area contributed by atoms with Crippen LogP contribution in [0, 0.1) is 0 Å². The fourth-order valence-corrected chi connectivity index (χ4v) is 4.28. The van der Waals surface area contributed by atoms with Gasteiger partial charge in [-0.25, -0.2) is 4.98 Å². The minimum Gasteiger partial charge on any atom is -0.488 e. The van der Waals surface area contributed by atoms with E-state index in [1.54, 1.807) is 24.4 Å². The van der Waals surface area contributed by atoms with Gasteiger partial charge in [0.1, 0.15) is 17.9 Å². The van der Waals surface area contributed by atoms with Crippen LogP contribution in [-0.2, 0) is 6.61 Å². The molecule has 0 saturated heterocycles. The maximum Gasteiger partial charge on any atom is 0.282 e. The summed E-state index contributed by atoms with van der Waals surface area (Å²) in [4.78, 5) is 18.2. The van der Waals surface area contributed by atoms with E-state index in [9.17, 15) is 4.79 Å². The Bertz CT molecular complexity index is 1800. The molecule has 0 bridgehead atoms. The van der Waals surface area contributed by atoms with Gasteiger partial charge in [0.05, 0.1) is 17.1 Å². The Morgan fingerprint density at radius 1 is 0.919 bits per heavy atom. The lowest BCUT2D eigenvalue weighted by Crippen LogP contribution is -2.20. The van der Waals surface area contributed by atoms with E-state index < -0.39 is 0 Å². The van der Waals surface area contributed by atoms with Gasteiger partial charge in [0, 0.05) is 21.5 Å². The zero-order valence-corrected chi connectivity index (χ0v) is 20.3. The quantitative estimate of drug-likeness (QED) is 0.230. The molecule has 0 aliphatic heterocycles. The monoisotopic (exact) mass is 505 g/mol. The van der Waals surface area contributed by atoms with Crippen molar-refractivity contribution in [2.75, 3.05) is 0 Å². The van der Waals surface area contributed by atoms with Gasteiger partial charge in [-0.05, 0) is 42.5 Å². The highest BCUT2D eigenvalue weighted by atomic mass is 35.5. The van der Waals surface area contributed by atoms with Crippen molar-refractivity contribution in [1.82, 2.24) is 9.66 Å². The van der Waals surface area contributed by atoms with Crippen molar-refractivity contribution in [3.8, 4) is 17.3 Å². The molecule has 2 heterocycles. The maximum atomic E-state index is 13.5. The van der Waals surface area contributed by atoms with Crippen molar-refractivity contribution >= 4 is 39.7 Å². The average molecular weight is 506 g/mol. The van der Waals surface area contributed by atoms with Crippen LogP contribution >= 0.6 is 11.6 Å². The summed E-state index contributed by atoms with van der Waals surface area (Å²) in [6.45, 7) is 0.298. The van der Waals surface area contributed by atoms with Gasteiger partial charge in [-0.1, -0.05) is 72.3 Å². The third kappa shape index (κ3) is 4.50. The third-order valence-corrected chi connectivity index (χ3v) is 6.34. The maximum absolute atomic E-state index is 13.5. The second kappa shape index (κ2) is 9.76. The molecule has 0 radical (unpaired) electrons. The lowest BCUT2D eigenvalue weighted by molar-refractivity contribution is 0.306. The minimum absolute atomic E-state index is 0.298. The standard InChI is InChI=1S/C30H20ClN3O3/c31-24-13-5-1-11-22(24)19-36-26-15-7-3-10-21(26)18-32-34-29(28-17-20-9-2-8-16-27(20)37-28)33-25-14-6-4-12-23(25)30(34)35/h1-18H,19H2. The molecule has 7 heteroatoms. The summed E-state index contributed by atoms with van der Waals surface area (Å²) in [5, 5.41) is 6.57. The van der Waals surface area contributed by atoms with Crippen molar-refractivity contribution in [2.45, 2.75) is 6.61 Å². The Morgan fingerprint density at radius 2 is 1.68 bits per heavy atom. The number of nitrogens with zero attached hydrogens (tertiary/aromatic N) is 3. The zero-order chi connectivity index (χ0) is 25.2. The molecule has 0 N–H and O–H groups in total. The first-order valence-corrected chi connectivity index (χ1v) is 12.1. The fourth-order valence-electron chi connectivity index (χ4n) is 4.09. The van der Waals surface area contributed by atoms with Gasteiger partial charge in [0.2, 0.25) is 5.82 Å². The molecule has 0 amide bonds. The molecule has 0 saturated carbocycles. The summed E-state index contributed by atoms with van der Waals surface area (Å²) in [7, 11) is 0. The number of hydrogen-bond donors (Lipinski definition) is 0. The molecule has 6 nitrogen and oxygen atoms in total. The second-order valence-electron chi connectivity index (χ2n) is 8.38. The summed E-state index contributed by atoms with van der Waals surface area (Å²) >= 11 is 6.28. The number of fused-ring (bicyclic) bond motifs is 2. The number of para-hydroxylation sites is 3. The van der Waals surface area contributed by atoms with Crippen LogP contribution in [-0.4, -0.2) is 15.9 Å².